The van der Waals surface area contributed by atoms with Gasteiger partial charge in [0.05, 0.1) is 18.6 Å². The van der Waals surface area contributed by atoms with Gasteiger partial charge in [-0.2, -0.15) is 0 Å². The van der Waals surface area contributed by atoms with Gasteiger partial charge in [-0.25, -0.2) is 0 Å². The molecule has 1 aromatic rings. The molecule has 0 aliphatic heterocycles. The summed E-state index contributed by atoms with van der Waals surface area (Å²) in [5, 5.41) is 9.71. The molecule has 0 bridgehead atoms. The van der Waals surface area contributed by atoms with Crippen LogP contribution in [0.1, 0.15) is 38.0 Å². The Morgan fingerprint density at radius 3 is 2.58 bits per heavy atom. The maximum Gasteiger partial charge on any atom is 0.314 e. The van der Waals surface area contributed by atoms with Gasteiger partial charge in [0.25, 0.3) is 0 Å². The van der Waals surface area contributed by atoms with Crippen LogP contribution in [0.25, 0.3) is 0 Å². The number of benzene rings is 1. The Bertz CT molecular complexity index is 449. The van der Waals surface area contributed by atoms with Crippen LogP contribution in [0.5, 0.6) is 5.75 Å². The van der Waals surface area contributed by atoms with Crippen molar-refractivity contribution in [3.05, 3.63) is 29.3 Å². The Labute approximate surface area is 114 Å². The summed E-state index contributed by atoms with van der Waals surface area (Å²) in [6, 6.07) is 5.61. The van der Waals surface area contributed by atoms with Gasteiger partial charge in [-0.3, -0.25) is 4.79 Å². The predicted octanol–water partition coefficient (Wildman–Crippen LogP) is 2.63. The van der Waals surface area contributed by atoms with E-state index in [-0.39, 0.29) is 12.6 Å². The summed E-state index contributed by atoms with van der Waals surface area (Å²) >= 11 is 0. The minimum Gasteiger partial charge on any atom is -0.492 e. The highest BCUT2D eigenvalue weighted by Gasteiger charge is 2.30. The average molecular weight is 266 g/mol. The van der Waals surface area contributed by atoms with Crippen molar-refractivity contribution >= 4 is 5.97 Å². The Morgan fingerprint density at radius 2 is 2.05 bits per heavy atom. The molecule has 0 amide bonds. The molecular formula is C15H22O4. The van der Waals surface area contributed by atoms with E-state index in [1.807, 2.05) is 25.1 Å². The molecule has 4 heteroatoms. The zero-order valence-electron chi connectivity index (χ0n) is 12.2. The van der Waals surface area contributed by atoms with Gasteiger partial charge >= 0.3 is 5.97 Å². The molecule has 0 aliphatic rings. The molecule has 106 valence electrons. The van der Waals surface area contributed by atoms with E-state index in [9.17, 15) is 9.90 Å². The Morgan fingerprint density at radius 1 is 1.42 bits per heavy atom. The van der Waals surface area contributed by atoms with Gasteiger partial charge in [0, 0.05) is 5.56 Å². The van der Waals surface area contributed by atoms with Crippen LogP contribution >= 0.6 is 0 Å². The van der Waals surface area contributed by atoms with Gasteiger partial charge < -0.3 is 14.6 Å². The summed E-state index contributed by atoms with van der Waals surface area (Å²) in [5.41, 5.74) is 1.02. The zero-order chi connectivity index (χ0) is 14.6. The predicted molar refractivity (Wildman–Crippen MR) is 73.1 cm³/mol. The van der Waals surface area contributed by atoms with Gasteiger partial charge in [-0.05, 0) is 39.3 Å². The molecule has 0 fully saturated rings. The van der Waals surface area contributed by atoms with Gasteiger partial charge in [0.2, 0.25) is 0 Å². The van der Waals surface area contributed by atoms with Crippen LogP contribution in [0.4, 0.5) is 0 Å². The number of methoxy groups -OCH3 is 1. The standard InChI is InChI=1S/C15H22O4/c1-10-6-7-12(11(2)16)13(8-10)19-9-15(3,4)14(17)18-5/h6-8,11,16H,9H2,1-5H3/t11-/m1/s1. The molecule has 0 saturated carbocycles. The summed E-state index contributed by atoms with van der Waals surface area (Å²) in [6.07, 6.45) is -0.614. The molecule has 0 heterocycles. The van der Waals surface area contributed by atoms with E-state index in [0.717, 1.165) is 5.56 Å². The third kappa shape index (κ3) is 3.96. The van der Waals surface area contributed by atoms with Gasteiger partial charge in [-0.1, -0.05) is 12.1 Å². The Kier molecular flexibility index (Phi) is 4.95. The van der Waals surface area contributed by atoms with Crippen molar-refractivity contribution < 1.29 is 19.4 Å². The molecule has 1 atom stereocenters. The molecule has 0 saturated heterocycles. The number of aliphatic hydroxyl groups excluding tert-OH is 1. The highest BCUT2D eigenvalue weighted by atomic mass is 16.5. The summed E-state index contributed by atoms with van der Waals surface area (Å²) < 4.78 is 10.4. The first-order valence-corrected chi connectivity index (χ1v) is 6.28. The maximum absolute atomic E-state index is 11.6. The van der Waals surface area contributed by atoms with E-state index >= 15 is 0 Å². The summed E-state index contributed by atoms with van der Waals surface area (Å²) in [7, 11) is 1.36. The lowest BCUT2D eigenvalue weighted by atomic mass is 9.95. The van der Waals surface area contributed by atoms with Crippen molar-refractivity contribution in [3.8, 4) is 5.75 Å². The molecular weight excluding hydrogens is 244 g/mol. The Hall–Kier alpha value is -1.55. The normalized spacial score (nSPS) is 12.9. The number of aliphatic hydroxyl groups is 1. The van der Waals surface area contributed by atoms with Crippen LogP contribution in [0, 0.1) is 12.3 Å². The number of ether oxygens (including phenoxy) is 2. The minimum atomic E-state index is -0.728. The van der Waals surface area contributed by atoms with E-state index in [4.69, 9.17) is 9.47 Å². The van der Waals surface area contributed by atoms with Crippen molar-refractivity contribution in [3.63, 3.8) is 0 Å². The Balaban J connectivity index is 2.88. The smallest absolute Gasteiger partial charge is 0.314 e. The topological polar surface area (TPSA) is 55.8 Å². The van der Waals surface area contributed by atoms with Crippen LogP contribution < -0.4 is 4.74 Å². The number of hydrogen-bond donors (Lipinski definition) is 1. The molecule has 19 heavy (non-hydrogen) atoms. The fourth-order valence-electron chi connectivity index (χ4n) is 1.71. The van der Waals surface area contributed by atoms with Crippen LogP contribution in [0.2, 0.25) is 0 Å². The first-order chi connectivity index (χ1) is 8.77. The fourth-order valence-corrected chi connectivity index (χ4v) is 1.71. The van der Waals surface area contributed by atoms with Gasteiger partial charge in [0.15, 0.2) is 0 Å². The second-order valence-corrected chi connectivity index (χ2v) is 5.38. The molecule has 0 aliphatic carbocycles. The summed E-state index contributed by atoms with van der Waals surface area (Å²) in [5.74, 6) is 0.283. The summed E-state index contributed by atoms with van der Waals surface area (Å²) in [6.45, 7) is 7.35. The average Bonchev–Trinajstić information content (AvgIpc) is 2.35. The number of rotatable bonds is 5. The van der Waals surface area contributed by atoms with Crippen LogP contribution in [0.15, 0.2) is 18.2 Å². The maximum atomic E-state index is 11.6. The van der Waals surface area contributed by atoms with Crippen molar-refractivity contribution in [2.24, 2.45) is 5.41 Å². The molecule has 1 N–H and O–H groups in total. The van der Waals surface area contributed by atoms with Crippen LogP contribution in [-0.2, 0) is 9.53 Å². The number of hydrogen-bond acceptors (Lipinski definition) is 4. The lowest BCUT2D eigenvalue weighted by Crippen LogP contribution is -2.32. The van der Waals surface area contributed by atoms with E-state index in [1.165, 1.54) is 7.11 Å². The molecule has 0 unspecified atom stereocenters. The van der Waals surface area contributed by atoms with E-state index in [0.29, 0.717) is 11.3 Å². The third-order valence-corrected chi connectivity index (χ3v) is 2.95. The molecule has 0 spiro atoms. The van der Waals surface area contributed by atoms with E-state index in [1.54, 1.807) is 20.8 Å². The fraction of sp³-hybridized carbons (Fsp3) is 0.533. The highest BCUT2D eigenvalue weighted by Crippen LogP contribution is 2.28. The minimum absolute atomic E-state index is 0.197. The second-order valence-electron chi connectivity index (χ2n) is 5.38. The van der Waals surface area contributed by atoms with Gasteiger partial charge in [0.1, 0.15) is 12.4 Å². The largest absolute Gasteiger partial charge is 0.492 e. The molecule has 0 aromatic heterocycles. The van der Waals surface area contributed by atoms with E-state index < -0.39 is 11.5 Å². The van der Waals surface area contributed by atoms with Crippen molar-refractivity contribution in [1.29, 1.82) is 0 Å². The number of carbonyl (C=O) groups excluding carboxylic acids is 1. The molecule has 4 nitrogen and oxygen atoms in total. The second kappa shape index (κ2) is 6.06. The van der Waals surface area contributed by atoms with E-state index in [2.05, 4.69) is 0 Å². The number of carbonyl (C=O) groups is 1. The number of aryl methyl sites for hydroxylation is 1. The van der Waals surface area contributed by atoms with Crippen LogP contribution in [-0.4, -0.2) is 24.8 Å². The first kappa shape index (κ1) is 15.5. The quantitative estimate of drug-likeness (QED) is 0.832. The van der Waals surface area contributed by atoms with Crippen LogP contribution in [0.3, 0.4) is 0 Å². The molecule has 0 radical (unpaired) electrons. The zero-order valence-corrected chi connectivity index (χ0v) is 12.2. The first-order valence-electron chi connectivity index (χ1n) is 6.28. The lowest BCUT2D eigenvalue weighted by Gasteiger charge is -2.23. The highest BCUT2D eigenvalue weighted by molar-refractivity contribution is 5.75. The molecule has 1 aromatic carbocycles. The van der Waals surface area contributed by atoms with Crippen molar-refractivity contribution in [2.45, 2.75) is 33.8 Å². The third-order valence-electron chi connectivity index (χ3n) is 2.95. The summed E-state index contributed by atoms with van der Waals surface area (Å²) in [4.78, 5) is 11.6. The number of esters is 1. The van der Waals surface area contributed by atoms with Gasteiger partial charge in [-0.15, -0.1) is 0 Å². The van der Waals surface area contributed by atoms with Crippen molar-refractivity contribution in [1.82, 2.24) is 0 Å². The SMILES string of the molecule is COC(=O)C(C)(C)COc1cc(C)ccc1[C@@H](C)O. The lowest BCUT2D eigenvalue weighted by molar-refractivity contribution is -0.152. The molecule has 1 rings (SSSR count). The van der Waals surface area contributed by atoms with Crippen molar-refractivity contribution in [2.75, 3.05) is 13.7 Å². The monoisotopic (exact) mass is 266 g/mol.